The molecule has 0 aliphatic carbocycles. The van der Waals surface area contributed by atoms with E-state index in [1.165, 1.54) is 0 Å². The third-order valence-electron chi connectivity index (χ3n) is 6.36. The molecular weight excluding hydrogens is 380 g/mol. The molecule has 1 saturated heterocycles. The molecule has 0 atom stereocenters. The van der Waals surface area contributed by atoms with Gasteiger partial charge in [-0.1, -0.05) is 19.1 Å². The minimum absolute atomic E-state index is 0.00986. The maximum absolute atomic E-state index is 12.8. The smallest absolute Gasteiger partial charge is 0.257 e. The first-order valence-corrected chi connectivity index (χ1v) is 10.7. The van der Waals surface area contributed by atoms with E-state index in [0.29, 0.717) is 47.6 Å². The normalized spacial score (nSPS) is 18.0. The zero-order valence-electron chi connectivity index (χ0n) is 17.2. The zero-order valence-corrected chi connectivity index (χ0v) is 17.2. The minimum atomic E-state index is -0.0659. The molecule has 1 aromatic carbocycles. The highest BCUT2D eigenvalue weighted by molar-refractivity contribution is 5.76. The van der Waals surface area contributed by atoms with Gasteiger partial charge in [-0.2, -0.15) is 0 Å². The van der Waals surface area contributed by atoms with Crippen LogP contribution in [0.2, 0.25) is 0 Å². The second-order valence-corrected chi connectivity index (χ2v) is 8.53. The molecule has 0 radical (unpaired) electrons. The quantitative estimate of drug-likeness (QED) is 0.720. The Hall–Kier alpha value is -2.93. The number of H-pyrrole nitrogens is 1. The molecule has 7 heteroatoms. The van der Waals surface area contributed by atoms with Crippen LogP contribution in [0.3, 0.4) is 0 Å². The van der Waals surface area contributed by atoms with E-state index in [1.54, 1.807) is 18.4 Å². The van der Waals surface area contributed by atoms with E-state index in [-0.39, 0.29) is 11.0 Å². The Labute approximate surface area is 174 Å². The largest absolute Gasteiger partial charge is 0.464 e. The van der Waals surface area contributed by atoms with Gasteiger partial charge in [-0.05, 0) is 30.9 Å². The summed E-state index contributed by atoms with van der Waals surface area (Å²) in [7, 11) is 0. The van der Waals surface area contributed by atoms with E-state index < -0.39 is 0 Å². The summed E-state index contributed by atoms with van der Waals surface area (Å²) in [5.41, 5.74) is 2.72. The van der Waals surface area contributed by atoms with Gasteiger partial charge in [0.1, 0.15) is 5.58 Å². The van der Waals surface area contributed by atoms with Crippen LogP contribution in [0, 0.1) is 5.92 Å². The number of hydrogen-bond donors (Lipinski definition) is 1. The summed E-state index contributed by atoms with van der Waals surface area (Å²) in [6, 6.07) is 7.27. The fraction of sp³-hybridized carbons (Fsp3) is 0.435. The Bertz CT molecular complexity index is 1190. The molecule has 5 rings (SSSR count). The Balaban J connectivity index is 1.36. The van der Waals surface area contributed by atoms with Crippen LogP contribution in [0.15, 0.2) is 44.5 Å². The Morgan fingerprint density at radius 3 is 2.80 bits per heavy atom. The number of nitrogens with zero attached hydrogens (tertiary/aromatic N) is 3. The van der Waals surface area contributed by atoms with Crippen LogP contribution in [-0.2, 0) is 19.5 Å². The zero-order chi connectivity index (χ0) is 20.7. The van der Waals surface area contributed by atoms with Gasteiger partial charge in [-0.15, -0.1) is 0 Å². The average Bonchev–Trinajstić information content (AvgIpc) is 2.77. The number of hydrogen-bond acceptors (Lipinski definition) is 6. The highest BCUT2D eigenvalue weighted by atomic mass is 16.3. The monoisotopic (exact) mass is 406 g/mol. The second kappa shape index (κ2) is 7.72. The maximum atomic E-state index is 12.8. The fourth-order valence-electron chi connectivity index (χ4n) is 4.44. The third kappa shape index (κ3) is 3.54. The topological polar surface area (TPSA) is 82.4 Å². The van der Waals surface area contributed by atoms with Gasteiger partial charge < -0.3 is 9.32 Å². The molecule has 0 bridgehead atoms. The van der Waals surface area contributed by atoms with Crippen molar-refractivity contribution in [2.45, 2.75) is 39.3 Å². The van der Waals surface area contributed by atoms with Crippen molar-refractivity contribution in [3.8, 4) is 0 Å². The van der Waals surface area contributed by atoms with Crippen molar-refractivity contribution in [1.82, 2.24) is 14.9 Å². The predicted octanol–water partition coefficient (Wildman–Crippen LogP) is 2.67. The molecule has 7 nitrogen and oxygen atoms in total. The predicted molar refractivity (Wildman–Crippen MR) is 116 cm³/mol. The fourth-order valence-corrected chi connectivity index (χ4v) is 4.44. The van der Waals surface area contributed by atoms with E-state index in [2.05, 4.69) is 21.7 Å². The number of rotatable bonds is 3. The van der Waals surface area contributed by atoms with E-state index in [4.69, 9.17) is 9.40 Å². The van der Waals surface area contributed by atoms with E-state index >= 15 is 0 Å². The standard InChI is InChI=1S/C23H26N4O3/c1-15-6-10-27(11-7-15)23-24-19-8-9-26(13-18(19)22(29)25-23)12-16-14-30-20-5-3-2-4-17(20)21(16)28/h2-5,14-15H,6-13H2,1H3,(H,24,25,29). The third-order valence-corrected chi connectivity index (χ3v) is 6.36. The number of fused-ring (bicyclic) bond motifs is 2. The van der Waals surface area contributed by atoms with E-state index in [1.807, 2.05) is 12.1 Å². The van der Waals surface area contributed by atoms with Crippen molar-refractivity contribution >= 4 is 16.9 Å². The lowest BCUT2D eigenvalue weighted by Gasteiger charge is -2.32. The van der Waals surface area contributed by atoms with E-state index in [9.17, 15) is 9.59 Å². The highest BCUT2D eigenvalue weighted by Gasteiger charge is 2.25. The van der Waals surface area contributed by atoms with Crippen LogP contribution in [0.5, 0.6) is 0 Å². The number of anilines is 1. The molecule has 0 unspecified atom stereocenters. The Morgan fingerprint density at radius 1 is 1.17 bits per heavy atom. The summed E-state index contributed by atoms with van der Waals surface area (Å²) in [4.78, 5) is 37.7. The molecular formula is C23H26N4O3. The molecule has 2 aromatic heterocycles. The van der Waals surface area contributed by atoms with Gasteiger partial charge in [0.15, 0.2) is 5.43 Å². The first kappa shape index (κ1) is 19.1. The summed E-state index contributed by atoms with van der Waals surface area (Å²) in [5.74, 6) is 1.43. The molecule has 1 fully saturated rings. The Kier molecular flexibility index (Phi) is 4.90. The maximum Gasteiger partial charge on any atom is 0.257 e. The van der Waals surface area contributed by atoms with Crippen molar-refractivity contribution in [3.05, 3.63) is 67.9 Å². The first-order valence-electron chi connectivity index (χ1n) is 10.7. The molecule has 0 amide bonds. The molecule has 156 valence electrons. The lowest BCUT2D eigenvalue weighted by Crippen LogP contribution is -2.39. The number of nitrogens with one attached hydrogen (secondary N) is 1. The van der Waals surface area contributed by atoms with Gasteiger partial charge in [0.25, 0.3) is 5.56 Å². The van der Waals surface area contributed by atoms with Gasteiger partial charge >= 0.3 is 0 Å². The summed E-state index contributed by atoms with van der Waals surface area (Å²) in [5, 5.41) is 0.590. The van der Waals surface area contributed by atoms with Gasteiger partial charge in [-0.3, -0.25) is 19.5 Å². The summed E-state index contributed by atoms with van der Waals surface area (Å²) < 4.78 is 5.64. The Morgan fingerprint density at radius 2 is 1.97 bits per heavy atom. The summed E-state index contributed by atoms with van der Waals surface area (Å²) >= 11 is 0. The number of para-hydroxylation sites is 1. The number of aromatic nitrogens is 2. The van der Waals surface area contributed by atoms with Gasteiger partial charge in [0.2, 0.25) is 5.95 Å². The molecule has 2 aliphatic rings. The first-order chi connectivity index (χ1) is 14.6. The van der Waals surface area contributed by atoms with Crippen molar-refractivity contribution in [3.63, 3.8) is 0 Å². The van der Waals surface area contributed by atoms with Crippen LogP contribution in [-0.4, -0.2) is 34.5 Å². The van der Waals surface area contributed by atoms with Gasteiger partial charge in [0.05, 0.1) is 22.9 Å². The molecule has 1 N–H and O–H groups in total. The molecule has 30 heavy (non-hydrogen) atoms. The van der Waals surface area contributed by atoms with Crippen molar-refractivity contribution in [1.29, 1.82) is 0 Å². The van der Waals surface area contributed by atoms with Gasteiger partial charge in [-0.25, -0.2) is 4.98 Å². The van der Waals surface area contributed by atoms with Crippen molar-refractivity contribution in [2.75, 3.05) is 24.5 Å². The van der Waals surface area contributed by atoms with Crippen LogP contribution in [0.4, 0.5) is 5.95 Å². The van der Waals surface area contributed by atoms with Crippen LogP contribution >= 0.6 is 0 Å². The number of piperidine rings is 1. The number of aromatic amines is 1. The van der Waals surface area contributed by atoms with Gasteiger partial charge in [0, 0.05) is 44.7 Å². The molecule has 4 heterocycles. The van der Waals surface area contributed by atoms with Crippen LogP contribution < -0.4 is 15.9 Å². The lowest BCUT2D eigenvalue weighted by atomic mass is 9.99. The van der Waals surface area contributed by atoms with E-state index in [0.717, 1.165) is 44.1 Å². The summed E-state index contributed by atoms with van der Waals surface area (Å²) in [6.45, 7) is 5.84. The molecule has 0 spiro atoms. The van der Waals surface area contributed by atoms with Crippen LogP contribution in [0.1, 0.15) is 36.6 Å². The molecule has 0 saturated carbocycles. The molecule has 3 aromatic rings. The SMILES string of the molecule is CC1CCN(c2nc3c(c(=O)[nH]2)CN(Cc2coc4ccccc4c2=O)CC3)CC1. The lowest BCUT2D eigenvalue weighted by molar-refractivity contribution is 0.239. The van der Waals surface area contributed by atoms with Crippen molar-refractivity contribution < 1.29 is 4.42 Å². The van der Waals surface area contributed by atoms with Crippen molar-refractivity contribution in [2.24, 2.45) is 5.92 Å². The summed E-state index contributed by atoms with van der Waals surface area (Å²) in [6.07, 6.45) is 4.50. The number of benzene rings is 1. The average molecular weight is 406 g/mol. The van der Waals surface area contributed by atoms with Crippen LogP contribution in [0.25, 0.3) is 11.0 Å². The molecule has 2 aliphatic heterocycles. The minimum Gasteiger partial charge on any atom is -0.464 e. The highest BCUT2D eigenvalue weighted by Crippen LogP contribution is 2.22. The second-order valence-electron chi connectivity index (χ2n) is 8.53.